The molecular formula is C19H18F3N7O. The van der Waals surface area contributed by atoms with Crippen LogP contribution in [0.15, 0.2) is 49.1 Å². The standard InChI is InChI=1S/C19H18F3N7O/c20-19(21,22)15-5-1-2-6-16(15)27-18(30)26-13-9-25-29(12-13)17-23-10-14(11-24-17)28-7-3-4-8-28/h1-2,5-6,9-12H,3-4,7-8H2,(H2,26,27,30). The minimum absolute atomic E-state index is 0.282. The molecule has 2 amide bonds. The number of rotatable bonds is 4. The van der Waals surface area contributed by atoms with Crippen molar-refractivity contribution in [3.8, 4) is 5.95 Å². The van der Waals surface area contributed by atoms with Gasteiger partial charge in [0.25, 0.3) is 5.95 Å². The third kappa shape index (κ3) is 4.34. The third-order valence-electron chi connectivity index (χ3n) is 4.62. The third-order valence-corrected chi connectivity index (χ3v) is 4.62. The van der Waals surface area contributed by atoms with Gasteiger partial charge in [-0.15, -0.1) is 0 Å². The lowest BCUT2D eigenvalue weighted by molar-refractivity contribution is -0.136. The fourth-order valence-corrected chi connectivity index (χ4v) is 3.19. The Hall–Kier alpha value is -3.63. The summed E-state index contributed by atoms with van der Waals surface area (Å²) in [6.07, 6.45) is 3.96. The van der Waals surface area contributed by atoms with Crippen LogP contribution in [0.5, 0.6) is 0 Å². The van der Waals surface area contributed by atoms with Crippen LogP contribution in [0.4, 0.5) is 35.0 Å². The molecule has 0 radical (unpaired) electrons. The van der Waals surface area contributed by atoms with Crippen LogP contribution in [0.2, 0.25) is 0 Å². The van der Waals surface area contributed by atoms with Gasteiger partial charge >= 0.3 is 12.2 Å². The molecule has 1 aliphatic rings. The van der Waals surface area contributed by atoms with Crippen LogP contribution < -0.4 is 15.5 Å². The number of carbonyl (C=O) groups is 1. The van der Waals surface area contributed by atoms with E-state index in [0.717, 1.165) is 37.7 Å². The summed E-state index contributed by atoms with van der Waals surface area (Å²) in [5.74, 6) is 0.314. The van der Waals surface area contributed by atoms with E-state index in [2.05, 4.69) is 30.6 Å². The van der Waals surface area contributed by atoms with Crippen molar-refractivity contribution in [2.75, 3.05) is 28.6 Å². The quantitative estimate of drug-likeness (QED) is 0.672. The van der Waals surface area contributed by atoms with Gasteiger partial charge in [-0.1, -0.05) is 12.1 Å². The lowest BCUT2D eigenvalue weighted by Crippen LogP contribution is -2.21. The highest BCUT2D eigenvalue weighted by Gasteiger charge is 2.33. The van der Waals surface area contributed by atoms with Crippen molar-refractivity contribution in [3.63, 3.8) is 0 Å². The number of nitrogens with one attached hydrogen (secondary N) is 2. The van der Waals surface area contributed by atoms with Crippen LogP contribution in [-0.2, 0) is 6.18 Å². The number of carbonyl (C=O) groups excluding carboxylic acids is 1. The van der Waals surface area contributed by atoms with Crippen molar-refractivity contribution in [2.24, 2.45) is 0 Å². The molecule has 1 aliphatic heterocycles. The van der Waals surface area contributed by atoms with E-state index in [1.807, 2.05) is 0 Å². The number of hydrogen-bond acceptors (Lipinski definition) is 5. The van der Waals surface area contributed by atoms with Crippen LogP contribution in [0.3, 0.4) is 0 Å². The molecule has 11 heteroatoms. The minimum Gasteiger partial charge on any atom is -0.369 e. The SMILES string of the molecule is O=C(Nc1cnn(-c2ncc(N3CCCC3)cn2)c1)Nc1ccccc1C(F)(F)F. The number of alkyl halides is 3. The van der Waals surface area contributed by atoms with E-state index in [9.17, 15) is 18.0 Å². The number of amides is 2. The Morgan fingerprint density at radius 2 is 1.70 bits per heavy atom. The average molecular weight is 417 g/mol. The Kier molecular flexibility index (Phi) is 5.25. The van der Waals surface area contributed by atoms with Gasteiger partial charge in [-0.25, -0.2) is 19.4 Å². The second-order valence-corrected chi connectivity index (χ2v) is 6.73. The summed E-state index contributed by atoms with van der Waals surface area (Å²) in [5.41, 5.74) is -0.0493. The molecule has 0 atom stereocenters. The van der Waals surface area contributed by atoms with Crippen LogP contribution in [0, 0.1) is 0 Å². The molecule has 30 heavy (non-hydrogen) atoms. The zero-order chi connectivity index (χ0) is 21.1. The number of para-hydroxylation sites is 1. The fourth-order valence-electron chi connectivity index (χ4n) is 3.19. The first kappa shape index (κ1) is 19.7. The second-order valence-electron chi connectivity index (χ2n) is 6.73. The molecule has 156 valence electrons. The summed E-state index contributed by atoms with van der Waals surface area (Å²) >= 11 is 0. The second kappa shape index (κ2) is 8.01. The molecule has 1 aromatic carbocycles. The van der Waals surface area contributed by atoms with Crippen molar-refractivity contribution in [2.45, 2.75) is 19.0 Å². The zero-order valence-electron chi connectivity index (χ0n) is 15.7. The molecule has 0 aliphatic carbocycles. The van der Waals surface area contributed by atoms with Gasteiger partial charge < -0.3 is 15.5 Å². The van der Waals surface area contributed by atoms with E-state index >= 15 is 0 Å². The van der Waals surface area contributed by atoms with Gasteiger partial charge in [0.2, 0.25) is 0 Å². The van der Waals surface area contributed by atoms with Gasteiger partial charge in [0, 0.05) is 13.1 Å². The van der Waals surface area contributed by atoms with Gasteiger partial charge in [0.1, 0.15) is 0 Å². The van der Waals surface area contributed by atoms with Crippen molar-refractivity contribution < 1.29 is 18.0 Å². The van der Waals surface area contributed by atoms with E-state index in [1.54, 1.807) is 12.4 Å². The fraction of sp³-hybridized carbons (Fsp3) is 0.263. The number of urea groups is 1. The largest absolute Gasteiger partial charge is 0.418 e. The van der Waals surface area contributed by atoms with E-state index < -0.39 is 17.8 Å². The Balaban J connectivity index is 1.42. The molecular weight excluding hydrogens is 399 g/mol. The van der Waals surface area contributed by atoms with Gasteiger partial charge in [0.05, 0.1) is 47.4 Å². The van der Waals surface area contributed by atoms with Crippen molar-refractivity contribution in [3.05, 3.63) is 54.6 Å². The van der Waals surface area contributed by atoms with Crippen LogP contribution in [0.25, 0.3) is 5.95 Å². The molecule has 0 spiro atoms. The highest BCUT2D eigenvalue weighted by Crippen LogP contribution is 2.34. The Bertz CT molecular complexity index is 1030. The maximum atomic E-state index is 13.0. The maximum Gasteiger partial charge on any atom is 0.418 e. The first-order valence-corrected chi connectivity index (χ1v) is 9.26. The van der Waals surface area contributed by atoms with Crippen molar-refractivity contribution in [1.82, 2.24) is 19.7 Å². The Morgan fingerprint density at radius 1 is 1.00 bits per heavy atom. The normalized spacial score (nSPS) is 14.0. The summed E-state index contributed by atoms with van der Waals surface area (Å²) in [6, 6.07) is 3.92. The maximum absolute atomic E-state index is 13.0. The van der Waals surface area contributed by atoms with E-state index in [0.29, 0.717) is 5.95 Å². The van der Waals surface area contributed by atoms with Gasteiger partial charge in [-0.3, -0.25) is 0 Å². The van der Waals surface area contributed by atoms with Crippen LogP contribution in [-0.4, -0.2) is 38.9 Å². The highest BCUT2D eigenvalue weighted by atomic mass is 19.4. The molecule has 4 rings (SSSR count). The zero-order valence-corrected chi connectivity index (χ0v) is 15.7. The molecule has 2 N–H and O–H groups in total. The summed E-state index contributed by atoms with van der Waals surface area (Å²) in [5, 5.41) is 8.75. The Morgan fingerprint density at radius 3 is 2.40 bits per heavy atom. The summed E-state index contributed by atoms with van der Waals surface area (Å²) in [4.78, 5) is 22.9. The molecule has 1 saturated heterocycles. The lowest BCUT2D eigenvalue weighted by atomic mass is 10.1. The number of aromatic nitrogens is 4. The topological polar surface area (TPSA) is 88.0 Å². The van der Waals surface area contributed by atoms with Gasteiger partial charge in [0.15, 0.2) is 0 Å². The van der Waals surface area contributed by atoms with E-state index in [1.165, 1.54) is 35.3 Å². The van der Waals surface area contributed by atoms with E-state index in [4.69, 9.17) is 0 Å². The summed E-state index contributed by atoms with van der Waals surface area (Å²) in [7, 11) is 0. The number of nitrogens with zero attached hydrogens (tertiary/aromatic N) is 5. The van der Waals surface area contributed by atoms with E-state index in [-0.39, 0.29) is 11.4 Å². The lowest BCUT2D eigenvalue weighted by Gasteiger charge is -2.16. The molecule has 0 unspecified atom stereocenters. The molecule has 0 bridgehead atoms. The van der Waals surface area contributed by atoms with Gasteiger partial charge in [-0.2, -0.15) is 18.3 Å². The molecule has 8 nitrogen and oxygen atoms in total. The van der Waals surface area contributed by atoms with Crippen LogP contribution in [0.1, 0.15) is 18.4 Å². The number of anilines is 3. The molecule has 1 fully saturated rings. The predicted molar refractivity (Wildman–Crippen MR) is 105 cm³/mol. The minimum atomic E-state index is -4.58. The highest BCUT2D eigenvalue weighted by molar-refractivity contribution is 6.00. The number of halogens is 3. The summed E-state index contributed by atoms with van der Waals surface area (Å²) in [6.45, 7) is 1.95. The van der Waals surface area contributed by atoms with Gasteiger partial charge in [-0.05, 0) is 25.0 Å². The molecule has 3 aromatic rings. The smallest absolute Gasteiger partial charge is 0.369 e. The van der Waals surface area contributed by atoms with Crippen molar-refractivity contribution in [1.29, 1.82) is 0 Å². The molecule has 3 heterocycles. The average Bonchev–Trinajstić information content (AvgIpc) is 3.40. The number of hydrogen-bond donors (Lipinski definition) is 2. The molecule has 0 saturated carbocycles. The first-order valence-electron chi connectivity index (χ1n) is 9.26. The van der Waals surface area contributed by atoms with Crippen molar-refractivity contribution >= 4 is 23.1 Å². The van der Waals surface area contributed by atoms with Crippen LogP contribution >= 0.6 is 0 Å². The Labute approximate surface area is 169 Å². The first-order chi connectivity index (χ1) is 14.4. The molecule has 2 aromatic heterocycles. The number of benzene rings is 1. The summed E-state index contributed by atoms with van der Waals surface area (Å²) < 4.78 is 40.5. The predicted octanol–water partition coefficient (Wildman–Crippen LogP) is 3.93. The monoisotopic (exact) mass is 417 g/mol.